The van der Waals surface area contributed by atoms with Gasteiger partial charge in [0.05, 0.1) is 0 Å². The van der Waals surface area contributed by atoms with Crippen LogP contribution in [0.4, 0.5) is 0 Å². The van der Waals surface area contributed by atoms with Gasteiger partial charge in [0.25, 0.3) is 0 Å². The van der Waals surface area contributed by atoms with Gasteiger partial charge in [-0.3, -0.25) is 4.57 Å². The zero-order chi connectivity index (χ0) is 10.2. The lowest BCUT2D eigenvalue weighted by Gasteiger charge is -2.10. The Bertz CT molecular complexity index is 166. The number of nitrogens with one attached hydrogen (secondary N) is 1. The summed E-state index contributed by atoms with van der Waals surface area (Å²) in [5, 5.41) is 2.66. The van der Waals surface area contributed by atoms with Gasteiger partial charge in [0.2, 0.25) is 0 Å². The third-order valence-electron chi connectivity index (χ3n) is 1.58. The highest BCUT2D eigenvalue weighted by Gasteiger charge is 2.16. The zero-order valence-corrected chi connectivity index (χ0v) is 10.2. The van der Waals surface area contributed by atoms with Gasteiger partial charge in [-0.25, -0.2) is 5.09 Å². The smallest absolute Gasteiger partial charge is 0.323 e. The number of hydrogen-bond acceptors (Lipinski definition) is 2. The first kappa shape index (κ1) is 13.5. The molecule has 0 bridgehead atoms. The van der Waals surface area contributed by atoms with Crippen LogP contribution in [-0.2, 0) is 4.57 Å². The lowest BCUT2D eigenvalue weighted by Crippen LogP contribution is -2.08. The van der Waals surface area contributed by atoms with Gasteiger partial charge < -0.3 is 4.89 Å². The van der Waals surface area contributed by atoms with Crippen LogP contribution in [0.25, 0.3) is 0 Å². The normalized spacial score (nSPS) is 15.6. The van der Waals surface area contributed by atoms with E-state index in [4.69, 9.17) is 0 Å². The van der Waals surface area contributed by atoms with E-state index >= 15 is 0 Å². The minimum absolute atomic E-state index is 0.620. The average Bonchev–Trinajstić information content (AvgIpc) is 2.09. The fourth-order valence-corrected chi connectivity index (χ4v) is 3.69. The Morgan fingerprint density at radius 3 is 2.54 bits per heavy atom. The van der Waals surface area contributed by atoms with Crippen LogP contribution in [0.15, 0.2) is 0 Å². The van der Waals surface area contributed by atoms with E-state index in [1.807, 2.05) is 6.92 Å². The van der Waals surface area contributed by atoms with E-state index in [-0.39, 0.29) is 0 Å². The fraction of sp³-hybridized carbons (Fsp3) is 1.00. The summed E-state index contributed by atoms with van der Waals surface area (Å²) in [6, 6.07) is 0. The zero-order valence-electron chi connectivity index (χ0n) is 8.45. The van der Waals surface area contributed by atoms with Gasteiger partial charge >= 0.3 is 6.72 Å². The minimum atomic E-state index is -3.08. The fourth-order valence-electron chi connectivity index (χ4n) is 0.839. The summed E-state index contributed by atoms with van der Waals surface area (Å²) in [6.45, 7) is 1.64. The van der Waals surface area contributed by atoms with Gasteiger partial charge in [-0.15, -0.1) is 0 Å². The Morgan fingerprint density at radius 2 is 2.00 bits per heavy atom. The van der Waals surface area contributed by atoms with Gasteiger partial charge in [0.15, 0.2) is 0 Å². The van der Waals surface area contributed by atoms with E-state index in [9.17, 15) is 9.46 Å². The molecule has 0 rings (SSSR count). The molecule has 0 aromatic heterocycles. The molecule has 0 aromatic carbocycles. The molecule has 0 saturated carbocycles. The molecule has 0 heterocycles. The molecule has 0 fully saturated rings. The molecule has 0 aliphatic heterocycles. The molecule has 80 valence electrons. The molecular weight excluding hydrogens is 205 g/mol. The highest BCUT2D eigenvalue weighted by molar-refractivity contribution is 8.55. The van der Waals surface area contributed by atoms with E-state index in [0.717, 1.165) is 42.8 Å². The van der Waals surface area contributed by atoms with Crippen molar-refractivity contribution in [3.63, 3.8) is 0 Å². The molecule has 2 N–H and O–H groups in total. The number of hydrogen-bond donors (Lipinski definition) is 2. The predicted octanol–water partition coefficient (Wildman–Crippen LogP) is 3.01. The number of unbranched alkanes of at least 4 members (excludes halogenated alkanes) is 2. The molecule has 0 aliphatic carbocycles. The standard InChI is InChI=1S/C8H20NO2PS/c1-3-5-6-8-13-12(10,11)9-7-4-2/h3-8H2,1-2H3,(H2,9,10,11). The molecule has 0 amide bonds. The monoisotopic (exact) mass is 225 g/mol. The van der Waals surface area contributed by atoms with E-state index < -0.39 is 6.72 Å². The van der Waals surface area contributed by atoms with Crippen LogP contribution >= 0.6 is 18.1 Å². The van der Waals surface area contributed by atoms with Crippen molar-refractivity contribution in [3.8, 4) is 0 Å². The number of rotatable bonds is 8. The van der Waals surface area contributed by atoms with E-state index in [1.54, 1.807) is 0 Å². The SMILES string of the molecule is CCCCCSP(=O)(O)NCCC. The second kappa shape index (κ2) is 7.86. The van der Waals surface area contributed by atoms with Crippen LogP contribution in [0.1, 0.15) is 39.5 Å². The van der Waals surface area contributed by atoms with Gasteiger partial charge in [0.1, 0.15) is 0 Å². The van der Waals surface area contributed by atoms with Crippen LogP contribution < -0.4 is 5.09 Å². The molecule has 5 heteroatoms. The second-order valence-corrected chi connectivity index (χ2v) is 7.25. The Labute approximate surface area is 84.9 Å². The lowest BCUT2D eigenvalue weighted by atomic mass is 10.3. The van der Waals surface area contributed by atoms with Gasteiger partial charge in [-0.05, 0) is 12.8 Å². The molecule has 0 aliphatic rings. The first-order valence-corrected chi connectivity index (χ1v) is 8.10. The van der Waals surface area contributed by atoms with Gasteiger partial charge in [-0.1, -0.05) is 38.1 Å². The van der Waals surface area contributed by atoms with Crippen molar-refractivity contribution in [3.05, 3.63) is 0 Å². The van der Waals surface area contributed by atoms with Crippen molar-refractivity contribution >= 4 is 18.1 Å². The van der Waals surface area contributed by atoms with Gasteiger partial charge in [0, 0.05) is 12.3 Å². The quantitative estimate of drug-likeness (QED) is 0.492. The lowest BCUT2D eigenvalue weighted by molar-refractivity contribution is 0.482. The molecule has 0 radical (unpaired) electrons. The summed E-state index contributed by atoms with van der Waals surface area (Å²) in [5.74, 6) is 0.776. The predicted molar refractivity (Wildman–Crippen MR) is 60.1 cm³/mol. The highest BCUT2D eigenvalue weighted by atomic mass is 32.7. The summed E-state index contributed by atoms with van der Waals surface area (Å²) >= 11 is 1.16. The van der Waals surface area contributed by atoms with Crippen molar-refractivity contribution < 1.29 is 9.46 Å². The first-order chi connectivity index (χ1) is 6.12. The maximum atomic E-state index is 11.3. The van der Waals surface area contributed by atoms with Crippen molar-refractivity contribution in [2.45, 2.75) is 39.5 Å². The first-order valence-electron chi connectivity index (χ1n) is 4.85. The minimum Gasteiger partial charge on any atom is -0.326 e. The summed E-state index contributed by atoms with van der Waals surface area (Å²) in [4.78, 5) is 9.35. The van der Waals surface area contributed by atoms with Crippen LogP contribution in [0, 0.1) is 0 Å². The van der Waals surface area contributed by atoms with Crippen LogP contribution in [-0.4, -0.2) is 17.2 Å². The van der Waals surface area contributed by atoms with Crippen molar-refractivity contribution in [1.29, 1.82) is 0 Å². The van der Waals surface area contributed by atoms with Crippen molar-refractivity contribution in [1.82, 2.24) is 5.09 Å². The summed E-state index contributed by atoms with van der Waals surface area (Å²) in [6.07, 6.45) is 4.21. The molecule has 0 aromatic rings. The molecule has 1 unspecified atom stereocenters. The molecule has 3 nitrogen and oxygen atoms in total. The topological polar surface area (TPSA) is 49.3 Å². The summed E-state index contributed by atoms with van der Waals surface area (Å²) < 4.78 is 11.3. The average molecular weight is 225 g/mol. The Balaban J connectivity index is 3.45. The third-order valence-corrected chi connectivity index (χ3v) is 5.01. The third kappa shape index (κ3) is 8.82. The van der Waals surface area contributed by atoms with Crippen LogP contribution in [0.2, 0.25) is 0 Å². The molecule has 0 spiro atoms. The maximum Gasteiger partial charge on any atom is 0.323 e. The maximum absolute atomic E-state index is 11.3. The largest absolute Gasteiger partial charge is 0.326 e. The molecule has 13 heavy (non-hydrogen) atoms. The molecular formula is C8H20NO2PS. The van der Waals surface area contributed by atoms with Crippen LogP contribution in [0.5, 0.6) is 0 Å². The highest BCUT2D eigenvalue weighted by Crippen LogP contribution is 2.50. The summed E-state index contributed by atoms with van der Waals surface area (Å²) in [5.41, 5.74) is 0. The Hall–Kier alpha value is 0.500. The van der Waals surface area contributed by atoms with E-state index in [1.165, 1.54) is 0 Å². The van der Waals surface area contributed by atoms with Crippen LogP contribution in [0.3, 0.4) is 0 Å². The Morgan fingerprint density at radius 1 is 1.31 bits per heavy atom. The van der Waals surface area contributed by atoms with Crippen molar-refractivity contribution in [2.75, 3.05) is 12.3 Å². The van der Waals surface area contributed by atoms with E-state index in [2.05, 4.69) is 12.0 Å². The van der Waals surface area contributed by atoms with Crippen molar-refractivity contribution in [2.24, 2.45) is 0 Å². The second-order valence-electron chi connectivity index (χ2n) is 2.97. The van der Waals surface area contributed by atoms with E-state index in [0.29, 0.717) is 6.54 Å². The van der Waals surface area contributed by atoms with Gasteiger partial charge in [-0.2, -0.15) is 0 Å². The molecule has 1 atom stereocenters. The Kier molecular flexibility index (Phi) is 8.17. The molecule has 0 saturated heterocycles. The summed E-state index contributed by atoms with van der Waals surface area (Å²) in [7, 11) is 0.